The minimum absolute atomic E-state index is 0.0436. The van der Waals surface area contributed by atoms with Crippen molar-refractivity contribution < 1.29 is 117 Å². The van der Waals surface area contributed by atoms with E-state index in [2.05, 4.69) is 21.1 Å². The van der Waals surface area contributed by atoms with Crippen LogP contribution in [0.2, 0.25) is 0 Å². The molecule has 0 amide bonds. The van der Waals surface area contributed by atoms with Crippen molar-refractivity contribution in [2.45, 2.75) is 148 Å². The van der Waals surface area contributed by atoms with Crippen LogP contribution in [-0.4, -0.2) is 122 Å². The summed E-state index contributed by atoms with van der Waals surface area (Å²) < 4.78 is 132. The number of rotatable bonds is 34. The largest absolute Gasteiger partial charge is 0.522 e. The van der Waals surface area contributed by atoms with Crippen molar-refractivity contribution in [1.82, 2.24) is 0 Å². The molecule has 0 saturated heterocycles. The van der Waals surface area contributed by atoms with Gasteiger partial charge in [0.25, 0.3) is 0 Å². The minimum Gasteiger partial charge on any atom is -0.481 e. The van der Waals surface area contributed by atoms with Gasteiger partial charge in [0.2, 0.25) is 0 Å². The highest BCUT2D eigenvalue weighted by molar-refractivity contribution is 6.00. The fourth-order valence-corrected chi connectivity index (χ4v) is 4.64. The average Bonchev–Trinajstić information content (AvgIpc) is 3.18. The van der Waals surface area contributed by atoms with Crippen molar-refractivity contribution in [2.24, 2.45) is 0 Å². The SMILES string of the molecule is CCCCCCCOC(=O)CC(=CC(=O)OCCCCCCOC(F)(F)F)C(=O)OCCCCCCOC(F)(F)F.O=C(O)C=C(CC(=O)O)C(=O)O.OCCCCCCOC(F)(F)F. The molecule has 0 aromatic rings. The van der Waals surface area contributed by atoms with Crippen molar-refractivity contribution in [3.8, 4) is 0 Å². The predicted octanol–water partition coefficient (Wildman–Crippen LogP) is 8.73. The van der Waals surface area contributed by atoms with E-state index in [4.69, 9.17) is 34.6 Å². The summed E-state index contributed by atoms with van der Waals surface area (Å²) in [7, 11) is 0. The Balaban J connectivity index is -0.00000129. The number of carboxylic acids is 3. The highest BCUT2D eigenvalue weighted by Crippen LogP contribution is 2.19. The molecule has 0 unspecified atom stereocenters. The lowest BCUT2D eigenvalue weighted by Crippen LogP contribution is -2.17. The van der Waals surface area contributed by atoms with E-state index >= 15 is 0 Å². The summed E-state index contributed by atoms with van der Waals surface area (Å²) in [5.74, 6) is -6.94. The van der Waals surface area contributed by atoms with E-state index in [1.165, 1.54) is 0 Å². The second-order valence-corrected chi connectivity index (χ2v) is 13.5. The predicted molar refractivity (Wildman–Crippen MR) is 208 cm³/mol. The molecule has 380 valence electrons. The molecule has 0 radical (unpaired) electrons. The van der Waals surface area contributed by atoms with Gasteiger partial charge in [-0.2, -0.15) is 0 Å². The Morgan fingerprint density at radius 3 is 1.22 bits per heavy atom. The van der Waals surface area contributed by atoms with E-state index in [9.17, 15) is 68.3 Å². The molecule has 65 heavy (non-hydrogen) atoms. The van der Waals surface area contributed by atoms with Crippen molar-refractivity contribution >= 4 is 35.8 Å². The second kappa shape index (κ2) is 39.8. The summed E-state index contributed by atoms with van der Waals surface area (Å²) >= 11 is 0. The van der Waals surface area contributed by atoms with Crippen molar-refractivity contribution in [3.05, 3.63) is 23.3 Å². The van der Waals surface area contributed by atoms with E-state index in [-0.39, 0.29) is 51.4 Å². The summed E-state index contributed by atoms with van der Waals surface area (Å²) in [6, 6.07) is 0. The first-order valence-corrected chi connectivity index (χ1v) is 20.6. The van der Waals surface area contributed by atoms with Gasteiger partial charge in [0.05, 0.1) is 63.6 Å². The Morgan fingerprint density at radius 1 is 0.462 bits per heavy atom. The number of carbonyl (C=O) groups excluding carboxylic acids is 3. The first-order valence-electron chi connectivity index (χ1n) is 20.6. The molecule has 0 aromatic carbocycles. The first kappa shape index (κ1) is 64.8. The zero-order chi connectivity index (χ0) is 50.2. The average molecular weight is 969 g/mol. The highest BCUT2D eigenvalue weighted by Gasteiger charge is 2.29. The van der Waals surface area contributed by atoms with Crippen LogP contribution in [0.4, 0.5) is 39.5 Å². The number of alkyl halides is 9. The third-order valence-electron chi connectivity index (χ3n) is 7.72. The smallest absolute Gasteiger partial charge is 0.481 e. The molecule has 0 rings (SSSR count). The summed E-state index contributed by atoms with van der Waals surface area (Å²) in [4.78, 5) is 67.1. The standard InChI is InChI=1S/C27H42F6O8.C7H13F3O2.C6H6O6/c1-2-3-4-5-10-15-37-23(34)20-22(25(36)39-17-12-7-9-14-19-41-27(31,32)33)21-24(35)38-16-11-6-8-13-18-40-26(28,29)30;8-7(9,10)12-6-4-2-1-3-5-11;7-4(8)1-3(6(11)12)2-5(9)10/h21H,2-20H2,1H3;11H,1-6H2;1H,2H2,(H,7,8)(H,9,10)(H,11,12). The van der Waals surface area contributed by atoms with Crippen molar-refractivity contribution in [3.63, 3.8) is 0 Å². The fraction of sp³-hybridized carbons (Fsp3) is 0.750. The topological polar surface area (TPSA) is 239 Å². The van der Waals surface area contributed by atoms with Crippen LogP contribution in [-0.2, 0) is 57.2 Å². The monoisotopic (exact) mass is 968 g/mol. The molecule has 0 fully saturated rings. The van der Waals surface area contributed by atoms with E-state index in [1.807, 2.05) is 0 Å². The number of carbonyl (C=O) groups is 6. The van der Waals surface area contributed by atoms with E-state index < -0.39 is 86.5 Å². The van der Waals surface area contributed by atoms with E-state index in [0.29, 0.717) is 70.3 Å². The Morgan fingerprint density at radius 2 is 0.846 bits per heavy atom. The van der Waals surface area contributed by atoms with Crippen LogP contribution in [0, 0.1) is 0 Å². The van der Waals surface area contributed by atoms with Crippen LogP contribution < -0.4 is 0 Å². The Hall–Kier alpha value is -4.49. The molecule has 25 heteroatoms. The summed E-state index contributed by atoms with van der Waals surface area (Å²) in [6.45, 7) is 1.01. The molecular formula is C40H61F9O16. The molecule has 0 atom stereocenters. The summed E-state index contributed by atoms with van der Waals surface area (Å²) in [6.07, 6.45) is -3.94. The Bertz CT molecular complexity index is 1380. The maximum atomic E-state index is 12.5. The molecule has 0 aliphatic carbocycles. The lowest BCUT2D eigenvalue weighted by atomic mass is 10.1. The molecule has 0 saturated carbocycles. The number of aliphatic hydroxyl groups is 1. The molecule has 0 bridgehead atoms. The Kier molecular flexibility index (Phi) is 39.7. The molecule has 0 aliphatic rings. The number of aliphatic carboxylic acids is 3. The molecular weight excluding hydrogens is 907 g/mol. The number of unbranched alkanes of at least 4 members (excludes halogenated alkanes) is 13. The maximum absolute atomic E-state index is 12.5. The number of esters is 3. The molecule has 0 heterocycles. The van der Waals surface area contributed by atoms with Gasteiger partial charge < -0.3 is 34.6 Å². The second-order valence-electron chi connectivity index (χ2n) is 13.5. The molecule has 0 aromatic heterocycles. The lowest BCUT2D eigenvalue weighted by Gasteiger charge is -2.10. The quantitative estimate of drug-likeness (QED) is 0.0155. The van der Waals surface area contributed by atoms with Crippen LogP contribution in [0.25, 0.3) is 0 Å². The van der Waals surface area contributed by atoms with Crippen LogP contribution in [0.15, 0.2) is 23.3 Å². The van der Waals surface area contributed by atoms with Gasteiger partial charge in [-0.1, -0.05) is 58.3 Å². The molecule has 16 nitrogen and oxygen atoms in total. The number of halogens is 9. The van der Waals surface area contributed by atoms with Crippen molar-refractivity contribution in [1.29, 1.82) is 0 Å². The third-order valence-corrected chi connectivity index (χ3v) is 7.72. The third kappa shape index (κ3) is 53.8. The number of ether oxygens (including phenoxy) is 6. The van der Waals surface area contributed by atoms with E-state index in [0.717, 1.165) is 38.2 Å². The van der Waals surface area contributed by atoms with Gasteiger partial charge >= 0.3 is 54.9 Å². The highest BCUT2D eigenvalue weighted by atomic mass is 19.4. The van der Waals surface area contributed by atoms with Gasteiger partial charge in [-0.25, -0.2) is 19.2 Å². The normalized spacial score (nSPS) is 12.0. The maximum Gasteiger partial charge on any atom is 0.522 e. The molecule has 4 N–H and O–H groups in total. The van der Waals surface area contributed by atoms with Crippen LogP contribution >= 0.6 is 0 Å². The molecule has 0 spiro atoms. The Labute approximate surface area is 370 Å². The minimum atomic E-state index is -4.68. The number of carboxylic acid groups (broad SMARTS) is 3. The number of hydrogen-bond donors (Lipinski definition) is 4. The van der Waals surface area contributed by atoms with Gasteiger partial charge in [0, 0.05) is 18.8 Å². The number of aliphatic hydroxyl groups excluding tert-OH is 1. The first-order chi connectivity index (χ1) is 30.3. The number of hydrogen-bond acceptors (Lipinski definition) is 13. The fourth-order valence-electron chi connectivity index (χ4n) is 4.64. The summed E-state index contributed by atoms with van der Waals surface area (Å²) in [5, 5.41) is 32.9. The lowest BCUT2D eigenvalue weighted by molar-refractivity contribution is -0.325. The summed E-state index contributed by atoms with van der Waals surface area (Å²) in [5.41, 5.74) is -0.927. The zero-order valence-electron chi connectivity index (χ0n) is 36.1. The van der Waals surface area contributed by atoms with Crippen LogP contribution in [0.5, 0.6) is 0 Å². The van der Waals surface area contributed by atoms with Crippen molar-refractivity contribution in [2.75, 3.05) is 46.2 Å². The van der Waals surface area contributed by atoms with Crippen LogP contribution in [0.3, 0.4) is 0 Å². The van der Waals surface area contributed by atoms with Gasteiger partial charge in [-0.3, -0.25) is 23.8 Å². The van der Waals surface area contributed by atoms with Gasteiger partial charge in [0.15, 0.2) is 0 Å². The van der Waals surface area contributed by atoms with Gasteiger partial charge in [0.1, 0.15) is 0 Å². The zero-order valence-corrected chi connectivity index (χ0v) is 36.1. The van der Waals surface area contributed by atoms with E-state index in [1.54, 1.807) is 0 Å². The molecule has 0 aliphatic heterocycles. The van der Waals surface area contributed by atoms with Gasteiger partial charge in [-0.15, -0.1) is 39.5 Å². The van der Waals surface area contributed by atoms with Gasteiger partial charge in [-0.05, 0) is 57.8 Å². The van der Waals surface area contributed by atoms with Crippen LogP contribution in [0.1, 0.15) is 129 Å².